The summed E-state index contributed by atoms with van der Waals surface area (Å²) < 4.78 is 57.1. The number of methoxy groups -OCH3 is 1. The number of carbonyl (C=O) groups excluding carboxylic acids is 1. The van der Waals surface area contributed by atoms with Crippen LogP contribution in [0.25, 0.3) is 5.76 Å². The van der Waals surface area contributed by atoms with E-state index in [1.54, 1.807) is 6.07 Å². The fraction of sp³-hybridized carbons (Fsp3) is 0.167. The number of hydrogen-bond acceptors (Lipinski definition) is 5. The predicted octanol–water partition coefficient (Wildman–Crippen LogP) is 5.18. The van der Waals surface area contributed by atoms with Crippen LogP contribution in [0.15, 0.2) is 70.5 Å². The minimum absolute atomic E-state index is 0.0559. The van der Waals surface area contributed by atoms with Gasteiger partial charge in [-0.25, -0.2) is 8.78 Å². The van der Waals surface area contributed by atoms with Gasteiger partial charge < -0.3 is 9.84 Å². The molecule has 27 heavy (non-hydrogen) atoms. The van der Waals surface area contributed by atoms with Gasteiger partial charge in [-0.3, -0.25) is 4.79 Å². The molecule has 2 aromatic rings. The molecule has 0 heterocycles. The van der Waals surface area contributed by atoms with Gasteiger partial charge in [0.15, 0.2) is 11.5 Å². The number of allylic oxidation sites excluding steroid dienone is 1. The second-order valence-electron chi connectivity index (χ2n) is 5.21. The van der Waals surface area contributed by atoms with Gasteiger partial charge in [0.1, 0.15) is 5.75 Å². The number of ketones is 1. The zero-order valence-corrected chi connectivity index (χ0v) is 13.9. The van der Waals surface area contributed by atoms with Crippen LogP contribution in [-0.2, 0) is 4.79 Å². The van der Waals surface area contributed by atoms with Gasteiger partial charge in [-0.05, 0) is 24.3 Å². The Kier molecular flexibility index (Phi) is 6.27. The zero-order chi connectivity index (χ0) is 20.0. The van der Waals surface area contributed by atoms with Crippen molar-refractivity contribution >= 4 is 17.2 Å². The molecular formula is C18H14F4N2O3. The lowest BCUT2D eigenvalue weighted by Crippen LogP contribution is -2.37. The molecule has 0 saturated carbocycles. The van der Waals surface area contributed by atoms with E-state index in [-0.39, 0.29) is 11.3 Å². The lowest BCUT2D eigenvalue weighted by Gasteiger charge is -2.14. The van der Waals surface area contributed by atoms with E-state index < -0.39 is 29.6 Å². The third kappa shape index (κ3) is 4.69. The maximum atomic E-state index is 13.5. The van der Waals surface area contributed by atoms with E-state index >= 15 is 0 Å². The van der Waals surface area contributed by atoms with Gasteiger partial charge in [-0.15, -0.1) is 5.11 Å². The van der Waals surface area contributed by atoms with E-state index in [4.69, 9.17) is 4.74 Å². The smallest absolute Gasteiger partial charge is 0.370 e. The lowest BCUT2D eigenvalue weighted by molar-refractivity contribution is -0.162. The van der Waals surface area contributed by atoms with E-state index in [2.05, 4.69) is 10.2 Å². The van der Waals surface area contributed by atoms with Crippen LogP contribution in [0.5, 0.6) is 5.75 Å². The van der Waals surface area contributed by atoms with Gasteiger partial charge in [-0.2, -0.15) is 13.9 Å². The fourth-order valence-electron chi connectivity index (χ4n) is 1.95. The number of aliphatic hydroxyl groups excluding tert-OH is 1. The molecule has 0 fully saturated rings. The minimum atomic E-state index is -5.03. The topological polar surface area (TPSA) is 71.2 Å². The first-order valence-electron chi connectivity index (χ1n) is 7.52. The van der Waals surface area contributed by atoms with Crippen molar-refractivity contribution in [3.63, 3.8) is 0 Å². The number of nitrogens with zero attached hydrogens (tertiary/aromatic N) is 2. The summed E-state index contributed by atoms with van der Waals surface area (Å²) in [6.07, 6.45) is -4.26. The summed E-state index contributed by atoms with van der Waals surface area (Å²) in [4.78, 5) is 11.9. The molecule has 0 saturated heterocycles. The Hall–Kier alpha value is -3.23. The SMILES string of the molecule is COc1ccc(N=N/C(C(=O)C(F)(F)C(F)F)=C(\O)c2ccccc2)cc1. The second-order valence-corrected chi connectivity index (χ2v) is 5.21. The Morgan fingerprint density at radius 2 is 1.67 bits per heavy atom. The molecule has 0 unspecified atom stereocenters. The molecular weight excluding hydrogens is 368 g/mol. The summed E-state index contributed by atoms with van der Waals surface area (Å²) in [6, 6.07) is 12.9. The highest BCUT2D eigenvalue weighted by molar-refractivity contribution is 6.05. The molecule has 0 spiro atoms. The van der Waals surface area contributed by atoms with Gasteiger partial charge in [-0.1, -0.05) is 30.3 Å². The molecule has 0 bridgehead atoms. The molecule has 0 amide bonds. The molecule has 1 N–H and O–H groups in total. The molecule has 9 heteroatoms. The maximum absolute atomic E-state index is 13.5. The summed E-state index contributed by atoms with van der Waals surface area (Å²) in [5.74, 6) is -7.87. The summed E-state index contributed by atoms with van der Waals surface area (Å²) in [5.41, 5.74) is -1.20. The number of aliphatic hydroxyl groups is 1. The molecule has 142 valence electrons. The first kappa shape index (κ1) is 20.1. The van der Waals surface area contributed by atoms with Crippen molar-refractivity contribution in [2.24, 2.45) is 10.2 Å². The number of halogens is 4. The summed E-state index contributed by atoms with van der Waals surface area (Å²) in [5, 5.41) is 17.1. The van der Waals surface area contributed by atoms with Crippen LogP contribution in [0.4, 0.5) is 23.2 Å². The molecule has 5 nitrogen and oxygen atoms in total. The standard InChI is InChI=1S/C18H14F4N2O3/c1-27-13-9-7-12(8-10-13)23-24-14(16(26)18(21,22)17(19)20)15(25)11-5-3-2-4-6-11/h2-10,17,25H,1H3/b15-14-,24-23?. The largest absolute Gasteiger partial charge is 0.505 e. The Balaban J connectivity index is 2.49. The highest BCUT2D eigenvalue weighted by atomic mass is 19.3. The van der Waals surface area contributed by atoms with E-state index in [0.717, 1.165) is 0 Å². The highest BCUT2D eigenvalue weighted by Crippen LogP contribution is 2.31. The minimum Gasteiger partial charge on any atom is -0.505 e. The van der Waals surface area contributed by atoms with Crippen molar-refractivity contribution in [3.05, 3.63) is 65.9 Å². The summed E-state index contributed by atoms with van der Waals surface area (Å²) >= 11 is 0. The van der Waals surface area contributed by atoms with E-state index in [0.29, 0.717) is 5.75 Å². The molecule has 0 aliphatic rings. The van der Waals surface area contributed by atoms with Crippen molar-refractivity contribution in [1.29, 1.82) is 0 Å². The third-order valence-electron chi connectivity index (χ3n) is 3.40. The fourth-order valence-corrected chi connectivity index (χ4v) is 1.95. The number of hydrogen-bond donors (Lipinski definition) is 1. The molecule has 0 aliphatic carbocycles. The quantitative estimate of drug-likeness (QED) is 0.311. The van der Waals surface area contributed by atoms with E-state index in [1.807, 2.05) is 0 Å². The predicted molar refractivity (Wildman–Crippen MR) is 89.5 cm³/mol. The first-order valence-corrected chi connectivity index (χ1v) is 7.52. The van der Waals surface area contributed by atoms with E-state index in [9.17, 15) is 27.5 Å². The van der Waals surface area contributed by atoms with Gasteiger partial charge in [0.05, 0.1) is 12.8 Å². The Labute approximate surface area is 151 Å². The average molecular weight is 382 g/mol. The van der Waals surface area contributed by atoms with Crippen LogP contribution >= 0.6 is 0 Å². The van der Waals surface area contributed by atoms with Gasteiger partial charge in [0.2, 0.25) is 0 Å². The van der Waals surface area contributed by atoms with Crippen LogP contribution in [-0.4, -0.2) is 30.3 Å². The second kappa shape index (κ2) is 8.43. The Morgan fingerprint density at radius 3 is 2.19 bits per heavy atom. The van der Waals surface area contributed by atoms with Crippen LogP contribution in [0, 0.1) is 0 Å². The highest BCUT2D eigenvalue weighted by Gasteiger charge is 2.51. The number of rotatable bonds is 7. The van der Waals surface area contributed by atoms with E-state index in [1.165, 1.54) is 55.6 Å². The van der Waals surface area contributed by atoms with Gasteiger partial charge in [0.25, 0.3) is 5.78 Å². The number of alkyl halides is 4. The lowest BCUT2D eigenvalue weighted by atomic mass is 10.1. The van der Waals surface area contributed by atoms with Gasteiger partial charge >= 0.3 is 12.3 Å². The monoisotopic (exact) mass is 382 g/mol. The average Bonchev–Trinajstić information content (AvgIpc) is 2.68. The number of carbonyl (C=O) groups is 1. The molecule has 0 aliphatic heterocycles. The first-order chi connectivity index (χ1) is 12.8. The maximum Gasteiger partial charge on any atom is 0.370 e. The van der Waals surface area contributed by atoms with Crippen molar-refractivity contribution in [3.8, 4) is 5.75 Å². The Bertz CT molecular complexity index is 851. The van der Waals surface area contributed by atoms with Crippen molar-refractivity contribution in [2.75, 3.05) is 7.11 Å². The summed E-state index contributed by atoms with van der Waals surface area (Å²) in [6.45, 7) is 0. The van der Waals surface area contributed by atoms with Crippen LogP contribution < -0.4 is 4.74 Å². The van der Waals surface area contributed by atoms with Crippen LogP contribution in [0.2, 0.25) is 0 Å². The van der Waals surface area contributed by atoms with Crippen molar-refractivity contribution in [2.45, 2.75) is 12.3 Å². The molecule has 2 aromatic carbocycles. The van der Waals surface area contributed by atoms with Crippen LogP contribution in [0.1, 0.15) is 5.56 Å². The number of Topliss-reactive ketones (excluding diaryl/α,β-unsaturated/α-hetero) is 1. The van der Waals surface area contributed by atoms with Crippen molar-refractivity contribution in [1.82, 2.24) is 0 Å². The van der Waals surface area contributed by atoms with Gasteiger partial charge in [0, 0.05) is 5.56 Å². The number of ether oxygens (including phenoxy) is 1. The normalized spacial score (nSPS) is 13.0. The molecule has 0 atom stereocenters. The number of azo groups is 1. The molecule has 0 radical (unpaired) electrons. The van der Waals surface area contributed by atoms with Crippen LogP contribution in [0.3, 0.4) is 0 Å². The number of benzene rings is 2. The molecule has 0 aromatic heterocycles. The summed E-state index contributed by atoms with van der Waals surface area (Å²) in [7, 11) is 1.43. The zero-order valence-electron chi connectivity index (χ0n) is 13.9. The van der Waals surface area contributed by atoms with Crippen molar-refractivity contribution < 1.29 is 32.2 Å². The molecule has 2 rings (SSSR count). The Morgan fingerprint density at radius 1 is 1.07 bits per heavy atom. The third-order valence-corrected chi connectivity index (χ3v) is 3.40.